The van der Waals surface area contributed by atoms with Gasteiger partial charge in [-0.25, -0.2) is 0 Å². The molecular formula is C23H29IN4O3. The van der Waals surface area contributed by atoms with Crippen LogP contribution in [0.1, 0.15) is 11.1 Å². The second-order valence-electron chi connectivity index (χ2n) is 6.53. The molecule has 0 fully saturated rings. The van der Waals surface area contributed by atoms with E-state index in [1.54, 1.807) is 39.5 Å². The molecule has 0 aliphatic carbocycles. The van der Waals surface area contributed by atoms with Gasteiger partial charge in [-0.05, 0) is 42.3 Å². The van der Waals surface area contributed by atoms with Crippen LogP contribution in [0.25, 0.3) is 0 Å². The number of ether oxygens (including phenoxy) is 2. The van der Waals surface area contributed by atoms with Gasteiger partial charge in [-0.2, -0.15) is 0 Å². The summed E-state index contributed by atoms with van der Waals surface area (Å²) in [5.41, 5.74) is 2.49. The molecule has 0 heterocycles. The lowest BCUT2D eigenvalue weighted by atomic mass is 10.1. The molecule has 0 atom stereocenters. The van der Waals surface area contributed by atoms with E-state index in [0.29, 0.717) is 35.3 Å². The number of nitrogens with one attached hydrogen (secondary N) is 2. The lowest BCUT2D eigenvalue weighted by molar-refractivity contribution is -0.115. The molecule has 0 aliphatic heterocycles. The molecule has 2 aromatic rings. The van der Waals surface area contributed by atoms with Crippen molar-refractivity contribution in [2.75, 3.05) is 46.7 Å². The predicted octanol–water partition coefficient (Wildman–Crippen LogP) is 2.99. The maximum Gasteiger partial charge on any atom is 0.243 e. The molecule has 0 spiro atoms. The number of halogens is 1. The smallest absolute Gasteiger partial charge is 0.243 e. The molecule has 1 amide bonds. The Labute approximate surface area is 201 Å². The van der Waals surface area contributed by atoms with E-state index in [-0.39, 0.29) is 36.4 Å². The molecule has 166 valence electrons. The summed E-state index contributed by atoms with van der Waals surface area (Å²) in [6, 6.07) is 13.0. The maximum atomic E-state index is 12.2. The topological polar surface area (TPSA) is 75.2 Å². The number of carbonyl (C=O) groups excluding carboxylic acids is 1. The summed E-state index contributed by atoms with van der Waals surface area (Å²) < 4.78 is 10.6. The summed E-state index contributed by atoms with van der Waals surface area (Å²) in [5, 5.41) is 5.89. The Morgan fingerprint density at radius 3 is 2.55 bits per heavy atom. The molecule has 2 N–H and O–H groups in total. The Morgan fingerprint density at radius 1 is 1.16 bits per heavy atom. The van der Waals surface area contributed by atoms with Crippen LogP contribution in [0.4, 0.5) is 5.69 Å². The number of hydrogen-bond acceptors (Lipinski definition) is 4. The zero-order valence-electron chi connectivity index (χ0n) is 18.3. The number of anilines is 1. The first kappa shape index (κ1) is 26.1. The zero-order chi connectivity index (χ0) is 21.9. The lowest BCUT2D eigenvalue weighted by Crippen LogP contribution is -2.43. The molecule has 0 unspecified atom stereocenters. The van der Waals surface area contributed by atoms with Crippen LogP contribution >= 0.6 is 24.0 Å². The SMILES string of the molecule is C#Cc1cccc(NC(=O)CNC(=NC)N(C)CCc2ccc(OC)c(OC)c2)c1.I. The summed E-state index contributed by atoms with van der Waals surface area (Å²) in [7, 11) is 6.84. The molecule has 0 radical (unpaired) electrons. The minimum Gasteiger partial charge on any atom is -0.493 e. The van der Waals surface area contributed by atoms with Crippen LogP contribution in [0.5, 0.6) is 11.5 Å². The quantitative estimate of drug-likeness (QED) is 0.235. The highest BCUT2D eigenvalue weighted by atomic mass is 127. The van der Waals surface area contributed by atoms with Crippen LogP contribution in [0.15, 0.2) is 47.5 Å². The number of guanidine groups is 1. The Bertz CT molecular complexity index is 941. The molecule has 8 heteroatoms. The highest BCUT2D eigenvalue weighted by Crippen LogP contribution is 2.27. The number of methoxy groups -OCH3 is 2. The van der Waals surface area contributed by atoms with E-state index in [0.717, 1.165) is 12.0 Å². The molecular weight excluding hydrogens is 507 g/mol. The number of rotatable bonds is 8. The van der Waals surface area contributed by atoms with Crippen molar-refractivity contribution in [3.05, 3.63) is 53.6 Å². The van der Waals surface area contributed by atoms with Crippen molar-refractivity contribution in [1.29, 1.82) is 0 Å². The van der Waals surface area contributed by atoms with Gasteiger partial charge < -0.3 is 25.0 Å². The number of benzene rings is 2. The largest absolute Gasteiger partial charge is 0.493 e. The summed E-state index contributed by atoms with van der Waals surface area (Å²) in [5.74, 6) is 4.39. The molecule has 0 bridgehead atoms. The second kappa shape index (κ2) is 13.4. The first-order chi connectivity index (χ1) is 14.5. The molecule has 31 heavy (non-hydrogen) atoms. The minimum atomic E-state index is -0.182. The van der Waals surface area contributed by atoms with Crippen LogP contribution in [-0.4, -0.2) is 58.2 Å². The van der Waals surface area contributed by atoms with Gasteiger partial charge in [0.25, 0.3) is 0 Å². The van der Waals surface area contributed by atoms with E-state index in [1.165, 1.54) is 0 Å². The number of hydrogen-bond donors (Lipinski definition) is 2. The van der Waals surface area contributed by atoms with Crippen molar-refractivity contribution < 1.29 is 14.3 Å². The van der Waals surface area contributed by atoms with Crippen molar-refractivity contribution >= 4 is 41.5 Å². The molecule has 0 saturated heterocycles. The molecule has 0 saturated carbocycles. The van der Waals surface area contributed by atoms with Crippen LogP contribution in [-0.2, 0) is 11.2 Å². The van der Waals surface area contributed by atoms with E-state index in [9.17, 15) is 4.79 Å². The third kappa shape index (κ3) is 8.02. The van der Waals surface area contributed by atoms with Crippen molar-refractivity contribution in [3.63, 3.8) is 0 Å². The predicted molar refractivity (Wildman–Crippen MR) is 136 cm³/mol. The Kier molecular flexibility index (Phi) is 11.3. The first-order valence-electron chi connectivity index (χ1n) is 9.50. The number of aliphatic imine (C=N–C) groups is 1. The van der Waals surface area contributed by atoms with Gasteiger partial charge in [0.05, 0.1) is 20.8 Å². The van der Waals surface area contributed by atoms with E-state index < -0.39 is 0 Å². The number of amides is 1. The first-order valence-corrected chi connectivity index (χ1v) is 9.50. The highest BCUT2D eigenvalue weighted by Gasteiger charge is 2.10. The van der Waals surface area contributed by atoms with Gasteiger partial charge in [0.15, 0.2) is 17.5 Å². The van der Waals surface area contributed by atoms with Crippen molar-refractivity contribution in [2.45, 2.75) is 6.42 Å². The average Bonchev–Trinajstić information content (AvgIpc) is 2.77. The highest BCUT2D eigenvalue weighted by molar-refractivity contribution is 14.0. The minimum absolute atomic E-state index is 0. The fourth-order valence-corrected chi connectivity index (χ4v) is 2.87. The average molecular weight is 536 g/mol. The lowest BCUT2D eigenvalue weighted by Gasteiger charge is -2.22. The Balaban J connectivity index is 0.00000480. The third-order valence-electron chi connectivity index (χ3n) is 4.48. The van der Waals surface area contributed by atoms with Gasteiger partial charge in [-0.3, -0.25) is 9.79 Å². The number of carbonyl (C=O) groups is 1. The van der Waals surface area contributed by atoms with Gasteiger partial charge >= 0.3 is 0 Å². The van der Waals surface area contributed by atoms with E-state index in [2.05, 4.69) is 21.5 Å². The summed E-state index contributed by atoms with van der Waals surface area (Å²) >= 11 is 0. The second-order valence-corrected chi connectivity index (χ2v) is 6.53. The van der Waals surface area contributed by atoms with Gasteiger partial charge in [0, 0.05) is 31.9 Å². The number of terminal acetylenes is 1. The van der Waals surface area contributed by atoms with Gasteiger partial charge in [0.1, 0.15) is 0 Å². The van der Waals surface area contributed by atoms with Crippen molar-refractivity contribution in [1.82, 2.24) is 10.2 Å². The fraction of sp³-hybridized carbons (Fsp3) is 0.304. The monoisotopic (exact) mass is 536 g/mol. The van der Waals surface area contributed by atoms with E-state index >= 15 is 0 Å². The summed E-state index contributed by atoms with van der Waals surface area (Å²) in [6.45, 7) is 0.800. The van der Waals surface area contributed by atoms with Crippen LogP contribution in [0, 0.1) is 12.3 Å². The molecule has 2 aromatic carbocycles. The molecule has 7 nitrogen and oxygen atoms in total. The van der Waals surface area contributed by atoms with Crippen molar-refractivity contribution in [3.8, 4) is 23.8 Å². The number of likely N-dealkylation sites (N-methyl/N-ethyl adjacent to an activating group) is 1. The van der Waals surface area contributed by atoms with Gasteiger partial charge in [-0.15, -0.1) is 30.4 Å². The fourth-order valence-electron chi connectivity index (χ4n) is 2.87. The third-order valence-corrected chi connectivity index (χ3v) is 4.48. The Morgan fingerprint density at radius 2 is 1.90 bits per heavy atom. The van der Waals surface area contributed by atoms with Crippen molar-refractivity contribution in [2.24, 2.45) is 4.99 Å². The standard InChI is InChI=1S/C23H28N4O3.HI/c1-6-17-8-7-9-19(14-17)26-22(28)16-25-23(24-2)27(3)13-12-18-10-11-20(29-4)21(15-18)30-5;/h1,7-11,14-15H,12-13,16H2,2-5H3,(H,24,25)(H,26,28);1H. The van der Waals surface area contributed by atoms with Crippen LogP contribution < -0.4 is 20.1 Å². The van der Waals surface area contributed by atoms with E-state index in [4.69, 9.17) is 15.9 Å². The maximum absolute atomic E-state index is 12.2. The number of nitrogens with zero attached hydrogens (tertiary/aromatic N) is 2. The molecule has 0 aliphatic rings. The normalized spacial score (nSPS) is 10.4. The van der Waals surface area contributed by atoms with Gasteiger partial charge in [-0.1, -0.05) is 18.1 Å². The molecule has 2 rings (SSSR count). The Hall–Kier alpha value is -2.93. The molecule has 0 aromatic heterocycles. The summed E-state index contributed by atoms with van der Waals surface area (Å²) in [6.07, 6.45) is 6.17. The van der Waals surface area contributed by atoms with Gasteiger partial charge in [0.2, 0.25) is 5.91 Å². The van der Waals surface area contributed by atoms with Crippen LogP contribution in [0.3, 0.4) is 0 Å². The summed E-state index contributed by atoms with van der Waals surface area (Å²) in [4.78, 5) is 18.5. The van der Waals surface area contributed by atoms with Crippen LogP contribution in [0.2, 0.25) is 0 Å². The van der Waals surface area contributed by atoms with E-state index in [1.807, 2.05) is 36.2 Å². The zero-order valence-corrected chi connectivity index (χ0v) is 20.6.